The molecule has 1 atom stereocenters. The van der Waals surface area contributed by atoms with Gasteiger partial charge in [0.05, 0.1) is 11.5 Å². The first-order chi connectivity index (χ1) is 5.31. The molecule has 72 valence electrons. The van der Waals surface area contributed by atoms with Gasteiger partial charge in [0.15, 0.2) is 19.7 Å². The first-order valence-corrected chi connectivity index (χ1v) is 7.21. The fourth-order valence-electron chi connectivity index (χ4n) is 1.02. The summed E-state index contributed by atoms with van der Waals surface area (Å²) < 4.78 is 43.9. The molecular weight excluding hydrogens is 202 g/mol. The molecule has 0 saturated carbocycles. The normalized spacial score (nSPS) is 29.9. The highest BCUT2D eigenvalue weighted by Gasteiger charge is 2.30. The van der Waals surface area contributed by atoms with Gasteiger partial charge in [-0.1, -0.05) is 0 Å². The van der Waals surface area contributed by atoms with Crippen molar-refractivity contribution in [3.8, 4) is 0 Å². The Kier molecular flexibility index (Phi) is 2.46. The number of hydrogen-bond donors (Lipinski definition) is 1. The van der Waals surface area contributed by atoms with Gasteiger partial charge in [0.25, 0.3) is 0 Å². The molecule has 1 aliphatic heterocycles. The summed E-state index contributed by atoms with van der Waals surface area (Å²) in [4.78, 5) is 0. The maximum absolute atomic E-state index is 11.0. The molecule has 0 amide bonds. The zero-order valence-corrected chi connectivity index (χ0v) is 8.28. The average Bonchev–Trinajstić information content (AvgIpc) is 1.83. The molecule has 0 aliphatic carbocycles. The van der Waals surface area contributed by atoms with Crippen LogP contribution in [0.15, 0.2) is 0 Å². The van der Waals surface area contributed by atoms with Crippen LogP contribution in [0.5, 0.6) is 0 Å². The van der Waals surface area contributed by atoms with Gasteiger partial charge in [-0.2, -0.15) is 0 Å². The minimum absolute atomic E-state index is 0.0268. The van der Waals surface area contributed by atoms with Crippen molar-refractivity contribution < 1.29 is 16.8 Å². The first-order valence-electron chi connectivity index (χ1n) is 3.44. The molecule has 0 aromatic heterocycles. The van der Waals surface area contributed by atoms with E-state index in [9.17, 15) is 16.8 Å². The fourth-order valence-corrected chi connectivity index (χ4v) is 4.23. The van der Waals surface area contributed by atoms with E-state index < -0.39 is 25.0 Å². The standard InChI is InChI=1S/C5H11NO4S2/c1-11(7,8)5-4-12(9,10)3-2-6-5/h5-6H,2-4H2,1H3. The molecular formula is C5H11NO4S2. The average molecular weight is 213 g/mol. The lowest BCUT2D eigenvalue weighted by atomic mass is 10.6. The maximum atomic E-state index is 11.0. The zero-order chi connectivity index (χ0) is 9.41. The Morgan fingerprint density at radius 3 is 2.33 bits per heavy atom. The van der Waals surface area contributed by atoms with Crippen molar-refractivity contribution in [3.05, 3.63) is 0 Å². The Labute approximate surface area is 72.0 Å². The summed E-state index contributed by atoms with van der Waals surface area (Å²) in [6.07, 6.45) is 1.03. The van der Waals surface area contributed by atoms with Crippen LogP contribution in [0, 0.1) is 0 Å². The summed E-state index contributed by atoms with van der Waals surface area (Å²) in [5.74, 6) is -0.273. The van der Waals surface area contributed by atoms with E-state index in [1.54, 1.807) is 0 Å². The Hall–Kier alpha value is -0.140. The minimum atomic E-state index is -3.29. The van der Waals surface area contributed by atoms with Crippen LogP contribution < -0.4 is 5.32 Å². The van der Waals surface area contributed by atoms with Crippen molar-refractivity contribution in [1.29, 1.82) is 0 Å². The summed E-state index contributed by atoms with van der Waals surface area (Å²) in [5.41, 5.74) is 0. The molecule has 1 rings (SSSR count). The third-order valence-corrected chi connectivity index (χ3v) is 4.95. The summed E-state index contributed by atoms with van der Waals surface area (Å²) >= 11 is 0. The van der Waals surface area contributed by atoms with Crippen molar-refractivity contribution in [1.82, 2.24) is 5.32 Å². The number of hydrogen-bond acceptors (Lipinski definition) is 5. The lowest BCUT2D eigenvalue weighted by Gasteiger charge is -2.21. The highest BCUT2D eigenvalue weighted by molar-refractivity contribution is 7.95. The van der Waals surface area contributed by atoms with Crippen molar-refractivity contribution in [2.24, 2.45) is 0 Å². The monoisotopic (exact) mass is 213 g/mol. The predicted octanol–water partition coefficient (Wildman–Crippen LogP) is -1.62. The van der Waals surface area contributed by atoms with E-state index in [-0.39, 0.29) is 18.1 Å². The molecule has 0 spiro atoms. The van der Waals surface area contributed by atoms with Gasteiger partial charge in [-0.25, -0.2) is 16.8 Å². The molecule has 0 aromatic rings. The van der Waals surface area contributed by atoms with Gasteiger partial charge in [-0.15, -0.1) is 0 Å². The fraction of sp³-hybridized carbons (Fsp3) is 1.00. The van der Waals surface area contributed by atoms with E-state index in [4.69, 9.17) is 0 Å². The van der Waals surface area contributed by atoms with Gasteiger partial charge in [0.2, 0.25) is 0 Å². The van der Waals surface area contributed by atoms with E-state index >= 15 is 0 Å². The summed E-state index contributed by atoms with van der Waals surface area (Å²) in [7, 11) is -6.44. The van der Waals surface area contributed by atoms with Gasteiger partial charge < -0.3 is 0 Å². The Morgan fingerprint density at radius 2 is 2.00 bits per heavy atom. The summed E-state index contributed by atoms with van der Waals surface area (Å²) in [6, 6.07) is 0. The van der Waals surface area contributed by atoms with E-state index in [0.717, 1.165) is 6.26 Å². The van der Waals surface area contributed by atoms with Crippen molar-refractivity contribution in [3.63, 3.8) is 0 Å². The predicted molar refractivity (Wildman–Crippen MR) is 45.3 cm³/mol. The second-order valence-electron chi connectivity index (χ2n) is 2.89. The van der Waals surface area contributed by atoms with Crippen LogP contribution in [0.3, 0.4) is 0 Å². The van der Waals surface area contributed by atoms with Gasteiger partial charge >= 0.3 is 0 Å². The van der Waals surface area contributed by atoms with Gasteiger partial charge in [-0.3, -0.25) is 5.32 Å². The van der Waals surface area contributed by atoms with Crippen molar-refractivity contribution in [2.45, 2.75) is 5.37 Å². The van der Waals surface area contributed by atoms with Crippen LogP contribution in [-0.2, 0) is 19.7 Å². The Balaban J connectivity index is 2.86. The molecule has 0 aromatic carbocycles. The zero-order valence-electron chi connectivity index (χ0n) is 6.65. The third kappa shape index (κ3) is 2.43. The van der Waals surface area contributed by atoms with Crippen LogP contribution in [-0.4, -0.2) is 46.5 Å². The highest BCUT2D eigenvalue weighted by Crippen LogP contribution is 2.05. The molecule has 0 bridgehead atoms. The Bertz CT molecular complexity index is 343. The molecule has 1 heterocycles. The van der Waals surface area contributed by atoms with Crippen molar-refractivity contribution in [2.75, 3.05) is 24.3 Å². The van der Waals surface area contributed by atoms with Gasteiger partial charge in [0.1, 0.15) is 5.37 Å². The second-order valence-corrected chi connectivity index (χ2v) is 7.34. The quantitative estimate of drug-likeness (QED) is 0.566. The molecule has 0 radical (unpaired) electrons. The minimum Gasteiger partial charge on any atom is -0.299 e. The molecule has 12 heavy (non-hydrogen) atoms. The summed E-state index contributed by atoms with van der Waals surface area (Å²) in [5, 5.41) is 1.73. The molecule has 7 heteroatoms. The topological polar surface area (TPSA) is 80.3 Å². The molecule has 1 N–H and O–H groups in total. The van der Waals surface area contributed by atoms with Crippen LogP contribution in [0.25, 0.3) is 0 Å². The lowest BCUT2D eigenvalue weighted by Crippen LogP contribution is -2.48. The third-order valence-electron chi connectivity index (χ3n) is 1.71. The highest BCUT2D eigenvalue weighted by atomic mass is 32.2. The molecule has 1 aliphatic rings. The summed E-state index contributed by atoms with van der Waals surface area (Å²) in [6.45, 7) is 0.222. The smallest absolute Gasteiger partial charge is 0.164 e. The molecule has 5 nitrogen and oxygen atoms in total. The number of sulfone groups is 2. The van der Waals surface area contributed by atoms with E-state index in [0.29, 0.717) is 0 Å². The Morgan fingerprint density at radius 1 is 1.42 bits per heavy atom. The van der Waals surface area contributed by atoms with Crippen LogP contribution in [0.1, 0.15) is 0 Å². The van der Waals surface area contributed by atoms with Crippen LogP contribution in [0.4, 0.5) is 0 Å². The molecule has 1 unspecified atom stereocenters. The van der Waals surface area contributed by atoms with Gasteiger partial charge in [0, 0.05) is 12.8 Å². The van der Waals surface area contributed by atoms with Crippen molar-refractivity contribution >= 4 is 19.7 Å². The molecule has 1 fully saturated rings. The number of nitrogens with one attached hydrogen (secondary N) is 1. The second kappa shape index (κ2) is 2.97. The number of rotatable bonds is 1. The lowest BCUT2D eigenvalue weighted by molar-refractivity contribution is 0.542. The SMILES string of the molecule is CS(=O)(=O)C1CS(=O)(=O)CCN1. The largest absolute Gasteiger partial charge is 0.299 e. The van der Waals surface area contributed by atoms with E-state index in [2.05, 4.69) is 5.32 Å². The maximum Gasteiger partial charge on any atom is 0.164 e. The molecule has 1 saturated heterocycles. The van der Waals surface area contributed by atoms with Crippen LogP contribution >= 0.6 is 0 Å². The van der Waals surface area contributed by atoms with E-state index in [1.165, 1.54) is 0 Å². The van der Waals surface area contributed by atoms with Crippen LogP contribution in [0.2, 0.25) is 0 Å². The van der Waals surface area contributed by atoms with Gasteiger partial charge in [-0.05, 0) is 0 Å². The first kappa shape index (κ1) is 9.94. The van der Waals surface area contributed by atoms with E-state index in [1.807, 2.05) is 0 Å².